The zero-order chi connectivity index (χ0) is 18.7. The highest BCUT2D eigenvalue weighted by Gasteiger charge is 2.21. The Hall–Kier alpha value is -3.35. The molecule has 26 heavy (non-hydrogen) atoms. The molecule has 0 saturated carbocycles. The fourth-order valence-electron chi connectivity index (χ4n) is 2.97. The van der Waals surface area contributed by atoms with Gasteiger partial charge in [0, 0.05) is 29.8 Å². The summed E-state index contributed by atoms with van der Waals surface area (Å²) in [5.41, 5.74) is 8.99. The van der Waals surface area contributed by atoms with Crippen molar-refractivity contribution in [2.45, 2.75) is 18.9 Å². The van der Waals surface area contributed by atoms with Gasteiger partial charge in [-0.25, -0.2) is 4.79 Å². The topological polar surface area (TPSA) is 128 Å². The smallest absolute Gasteiger partial charge is 0.326 e. The number of benzene rings is 2. The van der Waals surface area contributed by atoms with E-state index in [-0.39, 0.29) is 18.2 Å². The Labute approximate surface area is 150 Å². The van der Waals surface area contributed by atoms with Gasteiger partial charge in [0.1, 0.15) is 11.9 Å². The van der Waals surface area contributed by atoms with E-state index in [0.29, 0.717) is 23.4 Å². The van der Waals surface area contributed by atoms with Crippen LogP contribution in [0.25, 0.3) is 0 Å². The molecule has 0 saturated heterocycles. The number of rotatable bonds is 6. The molecule has 1 heterocycles. The lowest BCUT2D eigenvalue weighted by atomic mass is 9.95. The van der Waals surface area contributed by atoms with Crippen LogP contribution in [0, 0.1) is 5.41 Å². The molecule has 3 rings (SSSR count). The molecule has 0 aromatic heterocycles. The summed E-state index contributed by atoms with van der Waals surface area (Å²) >= 11 is 0. The average Bonchev–Trinajstić information content (AvgIpc) is 2.62. The molecule has 134 valence electrons. The van der Waals surface area contributed by atoms with Gasteiger partial charge in [-0.1, -0.05) is 12.1 Å². The van der Waals surface area contributed by atoms with Gasteiger partial charge in [-0.2, -0.15) is 0 Å². The van der Waals surface area contributed by atoms with Crippen LogP contribution in [0.4, 0.5) is 5.69 Å². The number of hydrogen-bond acceptors (Lipinski definition) is 4. The number of nitrogen functional groups attached to an aromatic ring is 1. The standard InChI is InChI=1S/C19H20N4O3/c20-17(21)13-3-5-14(6-4-13)23-16(19(25)26)10-11-1-2-12-7-8-22-18(24)15(12)9-11/h1-6,9,16,23H,7-8,10H2,(H3,20,21)(H,22,24)(H,25,26). The van der Waals surface area contributed by atoms with Crippen LogP contribution >= 0.6 is 0 Å². The summed E-state index contributed by atoms with van der Waals surface area (Å²) in [7, 11) is 0. The van der Waals surface area contributed by atoms with Crippen molar-refractivity contribution in [2.24, 2.45) is 5.73 Å². The van der Waals surface area contributed by atoms with Crippen LogP contribution in [0.3, 0.4) is 0 Å². The Bertz CT molecular complexity index is 862. The number of carbonyl (C=O) groups is 2. The van der Waals surface area contributed by atoms with E-state index in [4.69, 9.17) is 11.1 Å². The molecule has 1 atom stereocenters. The summed E-state index contributed by atoms with van der Waals surface area (Å²) in [6.07, 6.45) is 1.02. The summed E-state index contributed by atoms with van der Waals surface area (Å²) in [4.78, 5) is 23.6. The van der Waals surface area contributed by atoms with E-state index in [0.717, 1.165) is 17.5 Å². The number of hydrogen-bond donors (Lipinski definition) is 5. The number of nitrogens with one attached hydrogen (secondary N) is 3. The van der Waals surface area contributed by atoms with E-state index >= 15 is 0 Å². The number of carboxylic acid groups (broad SMARTS) is 1. The lowest BCUT2D eigenvalue weighted by Gasteiger charge is -2.19. The van der Waals surface area contributed by atoms with Gasteiger partial charge >= 0.3 is 5.97 Å². The molecule has 7 heteroatoms. The lowest BCUT2D eigenvalue weighted by Crippen LogP contribution is -2.33. The third-order valence-corrected chi connectivity index (χ3v) is 4.37. The van der Waals surface area contributed by atoms with E-state index < -0.39 is 12.0 Å². The van der Waals surface area contributed by atoms with Crippen molar-refractivity contribution in [3.63, 3.8) is 0 Å². The number of carbonyl (C=O) groups excluding carboxylic acids is 1. The number of amides is 1. The van der Waals surface area contributed by atoms with E-state index in [2.05, 4.69) is 10.6 Å². The van der Waals surface area contributed by atoms with Gasteiger partial charge in [0.2, 0.25) is 0 Å². The largest absolute Gasteiger partial charge is 0.480 e. The lowest BCUT2D eigenvalue weighted by molar-refractivity contribution is -0.137. The van der Waals surface area contributed by atoms with Crippen molar-refractivity contribution in [3.8, 4) is 0 Å². The van der Waals surface area contributed by atoms with Crippen molar-refractivity contribution in [3.05, 3.63) is 64.7 Å². The number of carboxylic acids is 1. The first kappa shape index (κ1) is 17.5. The molecule has 2 aromatic carbocycles. The van der Waals surface area contributed by atoms with E-state index in [1.807, 2.05) is 12.1 Å². The molecule has 6 N–H and O–H groups in total. The average molecular weight is 352 g/mol. The molecule has 0 radical (unpaired) electrons. The van der Waals surface area contributed by atoms with Crippen LogP contribution in [0.2, 0.25) is 0 Å². The van der Waals surface area contributed by atoms with Crippen LogP contribution in [-0.2, 0) is 17.6 Å². The Morgan fingerprint density at radius 2 is 2.00 bits per heavy atom. The van der Waals surface area contributed by atoms with Crippen LogP contribution in [0.15, 0.2) is 42.5 Å². The summed E-state index contributed by atoms with van der Waals surface area (Å²) in [5.74, 6) is -1.14. The van der Waals surface area contributed by atoms with Crippen LogP contribution < -0.4 is 16.4 Å². The van der Waals surface area contributed by atoms with E-state index in [1.54, 1.807) is 30.3 Å². The summed E-state index contributed by atoms with van der Waals surface area (Å²) < 4.78 is 0. The third-order valence-electron chi connectivity index (χ3n) is 4.37. The Morgan fingerprint density at radius 1 is 1.27 bits per heavy atom. The second kappa shape index (κ2) is 7.26. The number of aliphatic carboxylic acids is 1. The van der Waals surface area contributed by atoms with Crippen molar-refractivity contribution >= 4 is 23.4 Å². The Kier molecular flexibility index (Phi) is 4.88. The van der Waals surface area contributed by atoms with Gasteiger partial charge in [0.25, 0.3) is 5.91 Å². The highest BCUT2D eigenvalue weighted by Crippen LogP contribution is 2.19. The Balaban J connectivity index is 1.76. The molecular weight excluding hydrogens is 332 g/mol. The van der Waals surface area contributed by atoms with Crippen molar-refractivity contribution in [1.82, 2.24) is 5.32 Å². The number of nitrogens with two attached hydrogens (primary N) is 1. The minimum atomic E-state index is -0.984. The predicted octanol–water partition coefficient (Wildman–Crippen LogP) is 1.36. The minimum Gasteiger partial charge on any atom is -0.480 e. The molecule has 7 nitrogen and oxygen atoms in total. The van der Waals surface area contributed by atoms with Gasteiger partial charge < -0.3 is 21.5 Å². The quantitative estimate of drug-likeness (QED) is 0.396. The highest BCUT2D eigenvalue weighted by molar-refractivity contribution is 5.97. The summed E-state index contributed by atoms with van der Waals surface area (Å²) in [5, 5.41) is 22.7. The molecule has 0 bridgehead atoms. The molecular formula is C19H20N4O3. The van der Waals surface area contributed by atoms with E-state index in [1.165, 1.54) is 0 Å². The molecule has 0 aliphatic carbocycles. The monoisotopic (exact) mass is 352 g/mol. The third kappa shape index (κ3) is 3.83. The summed E-state index contributed by atoms with van der Waals surface area (Å²) in [6, 6.07) is 11.4. The van der Waals surface area contributed by atoms with E-state index in [9.17, 15) is 14.7 Å². The highest BCUT2D eigenvalue weighted by atomic mass is 16.4. The van der Waals surface area contributed by atoms with Crippen molar-refractivity contribution < 1.29 is 14.7 Å². The number of anilines is 1. The maximum Gasteiger partial charge on any atom is 0.326 e. The molecule has 1 amide bonds. The molecule has 1 aliphatic rings. The first-order valence-electron chi connectivity index (χ1n) is 8.28. The number of amidine groups is 1. The van der Waals surface area contributed by atoms with Gasteiger partial charge in [0.15, 0.2) is 0 Å². The molecule has 2 aromatic rings. The van der Waals surface area contributed by atoms with Gasteiger partial charge in [-0.15, -0.1) is 0 Å². The normalized spacial score (nSPS) is 14.1. The maximum absolute atomic E-state index is 12.0. The minimum absolute atomic E-state index is 0.0429. The second-order valence-electron chi connectivity index (χ2n) is 6.23. The van der Waals surface area contributed by atoms with Gasteiger partial charge in [0.05, 0.1) is 0 Å². The Morgan fingerprint density at radius 3 is 2.65 bits per heavy atom. The first-order valence-corrected chi connectivity index (χ1v) is 8.28. The first-order chi connectivity index (χ1) is 12.4. The molecule has 0 spiro atoms. The maximum atomic E-state index is 12.0. The second-order valence-corrected chi connectivity index (χ2v) is 6.23. The zero-order valence-corrected chi connectivity index (χ0v) is 14.1. The van der Waals surface area contributed by atoms with Crippen molar-refractivity contribution in [2.75, 3.05) is 11.9 Å². The fourth-order valence-corrected chi connectivity index (χ4v) is 2.97. The predicted molar refractivity (Wildman–Crippen MR) is 98.7 cm³/mol. The zero-order valence-electron chi connectivity index (χ0n) is 14.1. The van der Waals surface area contributed by atoms with Gasteiger partial charge in [-0.05, 0) is 47.9 Å². The molecule has 1 unspecified atom stereocenters. The van der Waals surface area contributed by atoms with Crippen LogP contribution in [-0.4, -0.2) is 35.4 Å². The van der Waals surface area contributed by atoms with Gasteiger partial charge in [-0.3, -0.25) is 10.2 Å². The SMILES string of the molecule is N=C(N)c1ccc(NC(Cc2ccc3c(c2)C(=O)NCC3)C(=O)O)cc1. The molecule has 1 aliphatic heterocycles. The number of fused-ring (bicyclic) bond motifs is 1. The molecule has 0 fully saturated rings. The fraction of sp³-hybridized carbons (Fsp3) is 0.211. The van der Waals surface area contributed by atoms with Crippen LogP contribution in [0.5, 0.6) is 0 Å². The van der Waals surface area contributed by atoms with Crippen molar-refractivity contribution in [1.29, 1.82) is 5.41 Å². The van der Waals surface area contributed by atoms with Crippen LogP contribution in [0.1, 0.15) is 27.0 Å². The summed E-state index contributed by atoms with van der Waals surface area (Å²) in [6.45, 7) is 0.626.